The standard InChI is InChI=1S/C20H22ClNO3S/c1-12-6-7-17-15(8-12)10-18(26-17)20(24)25-11-19(23)22-13(2)14-4-3-5-16(21)9-14/h3-5,9-10,12-13H,6-8,11H2,1-2H3,(H,22,23)/t12-,13+/m0/s1. The summed E-state index contributed by atoms with van der Waals surface area (Å²) in [5.74, 6) is -0.108. The second kappa shape index (κ2) is 8.23. The molecule has 1 N–H and O–H groups in total. The van der Waals surface area contributed by atoms with Gasteiger partial charge in [-0.2, -0.15) is 0 Å². The Labute approximate surface area is 162 Å². The number of amides is 1. The van der Waals surface area contributed by atoms with E-state index >= 15 is 0 Å². The van der Waals surface area contributed by atoms with Crippen molar-refractivity contribution >= 4 is 34.8 Å². The number of esters is 1. The molecule has 0 aliphatic heterocycles. The Morgan fingerprint density at radius 3 is 2.96 bits per heavy atom. The van der Waals surface area contributed by atoms with Gasteiger partial charge in [0.15, 0.2) is 6.61 Å². The zero-order valence-electron chi connectivity index (χ0n) is 14.9. The molecular weight excluding hydrogens is 370 g/mol. The second-order valence-electron chi connectivity index (χ2n) is 6.83. The first-order chi connectivity index (χ1) is 12.4. The summed E-state index contributed by atoms with van der Waals surface area (Å²) in [5.41, 5.74) is 2.15. The van der Waals surface area contributed by atoms with Gasteiger partial charge in [0.25, 0.3) is 5.91 Å². The average Bonchev–Trinajstić information content (AvgIpc) is 3.02. The van der Waals surface area contributed by atoms with Gasteiger partial charge in [0.05, 0.1) is 6.04 Å². The largest absolute Gasteiger partial charge is 0.451 e. The van der Waals surface area contributed by atoms with Crippen LogP contribution in [0.25, 0.3) is 0 Å². The average molecular weight is 392 g/mol. The molecule has 1 aromatic carbocycles. The predicted octanol–water partition coefficient (Wildman–Crippen LogP) is 4.56. The molecule has 0 saturated carbocycles. The number of nitrogens with one attached hydrogen (secondary N) is 1. The molecule has 1 heterocycles. The number of rotatable bonds is 5. The van der Waals surface area contributed by atoms with Gasteiger partial charge in [0.1, 0.15) is 4.88 Å². The Kier molecular flexibility index (Phi) is 5.99. The van der Waals surface area contributed by atoms with Crippen molar-refractivity contribution in [3.63, 3.8) is 0 Å². The van der Waals surface area contributed by atoms with Crippen LogP contribution in [0.1, 0.15) is 52.0 Å². The summed E-state index contributed by atoms with van der Waals surface area (Å²) < 4.78 is 5.19. The summed E-state index contributed by atoms with van der Waals surface area (Å²) in [4.78, 5) is 26.2. The van der Waals surface area contributed by atoms with Gasteiger partial charge in [-0.05, 0) is 61.4 Å². The lowest BCUT2D eigenvalue weighted by atomic mass is 9.90. The number of halogens is 1. The van der Waals surface area contributed by atoms with Gasteiger partial charge in [-0.1, -0.05) is 30.7 Å². The van der Waals surface area contributed by atoms with Crippen molar-refractivity contribution in [3.8, 4) is 0 Å². The first-order valence-electron chi connectivity index (χ1n) is 8.76. The molecule has 4 nitrogen and oxygen atoms in total. The third-order valence-corrected chi connectivity index (χ3v) is 6.04. The number of hydrogen-bond donors (Lipinski definition) is 1. The Morgan fingerprint density at radius 2 is 2.19 bits per heavy atom. The van der Waals surface area contributed by atoms with Crippen LogP contribution in [-0.4, -0.2) is 18.5 Å². The number of hydrogen-bond acceptors (Lipinski definition) is 4. The van der Waals surface area contributed by atoms with Crippen molar-refractivity contribution in [2.75, 3.05) is 6.61 Å². The lowest BCUT2D eigenvalue weighted by Gasteiger charge is -2.16. The molecule has 138 valence electrons. The molecule has 0 fully saturated rings. The molecular formula is C20H22ClNO3S. The molecule has 3 rings (SSSR count). The molecule has 2 atom stereocenters. The number of ether oxygens (including phenoxy) is 1. The second-order valence-corrected chi connectivity index (χ2v) is 8.40. The highest BCUT2D eigenvalue weighted by Crippen LogP contribution is 2.32. The highest BCUT2D eigenvalue weighted by molar-refractivity contribution is 7.14. The van der Waals surface area contributed by atoms with Gasteiger partial charge in [-0.15, -0.1) is 11.3 Å². The van der Waals surface area contributed by atoms with E-state index in [0.29, 0.717) is 15.8 Å². The van der Waals surface area contributed by atoms with Crippen LogP contribution in [0, 0.1) is 5.92 Å². The number of aryl methyl sites for hydroxylation is 1. The molecule has 0 spiro atoms. The van der Waals surface area contributed by atoms with Crippen LogP contribution in [0.2, 0.25) is 5.02 Å². The number of carbonyl (C=O) groups is 2. The third-order valence-electron chi connectivity index (χ3n) is 4.59. The van der Waals surface area contributed by atoms with E-state index < -0.39 is 5.97 Å². The number of thiophene rings is 1. The molecule has 1 aliphatic carbocycles. The summed E-state index contributed by atoms with van der Waals surface area (Å²) >= 11 is 7.46. The van der Waals surface area contributed by atoms with E-state index in [9.17, 15) is 9.59 Å². The highest BCUT2D eigenvalue weighted by atomic mass is 35.5. The SMILES string of the molecule is C[C@H]1CCc2sc(C(=O)OCC(=O)N[C@H](C)c3cccc(Cl)c3)cc2C1. The van der Waals surface area contributed by atoms with Gasteiger partial charge in [0.2, 0.25) is 0 Å². The summed E-state index contributed by atoms with van der Waals surface area (Å²) in [5, 5.41) is 3.43. The normalized spacial score (nSPS) is 17.3. The minimum absolute atomic E-state index is 0.213. The zero-order chi connectivity index (χ0) is 18.7. The maximum atomic E-state index is 12.2. The Morgan fingerprint density at radius 1 is 1.38 bits per heavy atom. The maximum Gasteiger partial charge on any atom is 0.348 e. The molecule has 0 unspecified atom stereocenters. The molecule has 0 saturated heterocycles. The van der Waals surface area contributed by atoms with E-state index in [1.165, 1.54) is 21.8 Å². The van der Waals surface area contributed by atoms with Crippen LogP contribution in [0.3, 0.4) is 0 Å². The molecule has 1 aliphatic rings. The van der Waals surface area contributed by atoms with E-state index in [-0.39, 0.29) is 18.6 Å². The Bertz CT molecular complexity index is 817. The van der Waals surface area contributed by atoms with Crippen LogP contribution in [0.5, 0.6) is 0 Å². The first-order valence-corrected chi connectivity index (χ1v) is 9.95. The van der Waals surface area contributed by atoms with E-state index in [1.807, 2.05) is 25.1 Å². The van der Waals surface area contributed by atoms with Gasteiger partial charge in [-0.3, -0.25) is 4.79 Å². The molecule has 2 aromatic rings. The number of benzene rings is 1. The minimum atomic E-state index is -0.428. The van der Waals surface area contributed by atoms with E-state index in [2.05, 4.69) is 12.2 Å². The number of fused-ring (bicyclic) bond motifs is 1. The lowest BCUT2D eigenvalue weighted by Crippen LogP contribution is -2.31. The molecule has 26 heavy (non-hydrogen) atoms. The van der Waals surface area contributed by atoms with Crippen LogP contribution in [0.4, 0.5) is 0 Å². The van der Waals surface area contributed by atoms with Gasteiger partial charge in [0, 0.05) is 9.90 Å². The quantitative estimate of drug-likeness (QED) is 0.760. The summed E-state index contributed by atoms with van der Waals surface area (Å²) in [7, 11) is 0. The van der Waals surface area contributed by atoms with E-state index in [0.717, 1.165) is 24.8 Å². The topological polar surface area (TPSA) is 55.4 Å². The molecule has 0 bridgehead atoms. The van der Waals surface area contributed by atoms with E-state index in [1.54, 1.807) is 12.1 Å². The van der Waals surface area contributed by atoms with Gasteiger partial charge < -0.3 is 10.1 Å². The predicted molar refractivity (Wildman–Crippen MR) is 104 cm³/mol. The van der Waals surface area contributed by atoms with Crippen LogP contribution in [-0.2, 0) is 22.4 Å². The Hall–Kier alpha value is -1.85. The minimum Gasteiger partial charge on any atom is -0.451 e. The molecule has 6 heteroatoms. The zero-order valence-corrected chi connectivity index (χ0v) is 16.5. The number of carbonyl (C=O) groups excluding carboxylic acids is 2. The van der Waals surface area contributed by atoms with Crippen LogP contribution in [0.15, 0.2) is 30.3 Å². The monoisotopic (exact) mass is 391 g/mol. The lowest BCUT2D eigenvalue weighted by molar-refractivity contribution is -0.124. The van der Waals surface area contributed by atoms with Crippen molar-refractivity contribution < 1.29 is 14.3 Å². The van der Waals surface area contributed by atoms with Crippen molar-refractivity contribution in [1.82, 2.24) is 5.32 Å². The van der Waals surface area contributed by atoms with Gasteiger partial charge >= 0.3 is 5.97 Å². The van der Waals surface area contributed by atoms with Crippen molar-refractivity contribution in [2.45, 2.75) is 39.2 Å². The summed E-state index contributed by atoms with van der Waals surface area (Å²) in [6.07, 6.45) is 3.19. The van der Waals surface area contributed by atoms with Crippen LogP contribution < -0.4 is 5.32 Å². The first kappa shape index (κ1) is 18.9. The smallest absolute Gasteiger partial charge is 0.348 e. The summed E-state index contributed by atoms with van der Waals surface area (Å²) in [6.45, 7) is 3.80. The van der Waals surface area contributed by atoms with Crippen molar-refractivity contribution in [2.24, 2.45) is 5.92 Å². The Balaban J connectivity index is 1.52. The molecule has 1 aromatic heterocycles. The van der Waals surface area contributed by atoms with Crippen LogP contribution >= 0.6 is 22.9 Å². The molecule has 1 amide bonds. The fourth-order valence-electron chi connectivity index (χ4n) is 3.15. The van der Waals surface area contributed by atoms with E-state index in [4.69, 9.17) is 16.3 Å². The highest BCUT2D eigenvalue weighted by Gasteiger charge is 2.22. The van der Waals surface area contributed by atoms with Crippen molar-refractivity contribution in [1.29, 1.82) is 0 Å². The fraction of sp³-hybridized carbons (Fsp3) is 0.400. The maximum absolute atomic E-state index is 12.2. The third kappa shape index (κ3) is 4.65. The van der Waals surface area contributed by atoms with Crippen molar-refractivity contribution in [3.05, 3.63) is 56.2 Å². The van der Waals surface area contributed by atoms with Gasteiger partial charge in [-0.25, -0.2) is 4.79 Å². The molecule has 0 radical (unpaired) electrons. The fourth-order valence-corrected chi connectivity index (χ4v) is 4.45. The summed E-state index contributed by atoms with van der Waals surface area (Å²) in [6, 6.07) is 9.01.